The number of thioether (sulfide) groups is 1. The molecular formula is C20H22FNO2S. The Kier molecular flexibility index (Phi) is 5.97. The number of carbonyl (C=O) groups excluding carboxylic acids is 1. The van der Waals surface area contributed by atoms with Gasteiger partial charge in [0.05, 0.1) is 18.4 Å². The van der Waals surface area contributed by atoms with Gasteiger partial charge in [0.25, 0.3) is 0 Å². The second kappa shape index (κ2) is 8.39. The fraction of sp³-hybridized carbons (Fsp3) is 0.350. The Hall–Kier alpha value is -2.01. The number of halogens is 1. The van der Waals surface area contributed by atoms with Gasteiger partial charge in [0.15, 0.2) is 0 Å². The van der Waals surface area contributed by atoms with Crippen molar-refractivity contribution in [3.8, 4) is 5.75 Å². The number of carbonyl (C=O) groups is 1. The summed E-state index contributed by atoms with van der Waals surface area (Å²) in [5, 5.41) is 0. The molecule has 132 valence electrons. The van der Waals surface area contributed by atoms with Crippen LogP contribution in [-0.4, -0.2) is 29.7 Å². The number of rotatable bonds is 6. The van der Waals surface area contributed by atoms with Crippen molar-refractivity contribution in [2.45, 2.75) is 30.7 Å². The largest absolute Gasteiger partial charge is 0.494 e. The number of nitrogens with zero attached hydrogens (tertiary/aromatic N) is 1. The van der Waals surface area contributed by atoms with Crippen LogP contribution in [-0.2, 0) is 4.79 Å². The molecule has 3 nitrogen and oxygen atoms in total. The normalized spacial score (nSPS) is 16.9. The molecule has 1 aliphatic heterocycles. The first kappa shape index (κ1) is 17.8. The third-order valence-electron chi connectivity index (χ3n) is 4.32. The van der Waals surface area contributed by atoms with Crippen LogP contribution in [0.5, 0.6) is 5.75 Å². The van der Waals surface area contributed by atoms with Crippen molar-refractivity contribution in [1.29, 1.82) is 0 Å². The van der Waals surface area contributed by atoms with Gasteiger partial charge in [-0.15, -0.1) is 11.8 Å². The fourth-order valence-corrected chi connectivity index (χ4v) is 3.91. The van der Waals surface area contributed by atoms with E-state index < -0.39 is 0 Å². The van der Waals surface area contributed by atoms with Crippen LogP contribution in [0, 0.1) is 5.82 Å². The average molecular weight is 359 g/mol. The van der Waals surface area contributed by atoms with E-state index >= 15 is 0 Å². The molecule has 0 bridgehead atoms. The van der Waals surface area contributed by atoms with Crippen molar-refractivity contribution in [3.05, 3.63) is 59.9 Å². The van der Waals surface area contributed by atoms with E-state index in [-0.39, 0.29) is 17.8 Å². The number of likely N-dealkylation sites (tertiary alicyclic amines) is 1. The van der Waals surface area contributed by atoms with Gasteiger partial charge in [0, 0.05) is 11.4 Å². The Bertz CT molecular complexity index is 703. The summed E-state index contributed by atoms with van der Waals surface area (Å²) in [4.78, 5) is 15.6. The molecule has 1 amide bonds. The van der Waals surface area contributed by atoms with E-state index in [0.717, 1.165) is 35.6 Å². The zero-order valence-electron chi connectivity index (χ0n) is 14.3. The SMILES string of the molecule is CCOc1ccc(SCC(=O)N2CCCC2c2ccc(F)cc2)cc1. The number of hydrogen-bond acceptors (Lipinski definition) is 3. The van der Waals surface area contributed by atoms with Gasteiger partial charge in [0.2, 0.25) is 5.91 Å². The molecule has 1 saturated heterocycles. The Labute approximate surface area is 152 Å². The minimum atomic E-state index is -0.245. The van der Waals surface area contributed by atoms with E-state index in [0.29, 0.717) is 12.4 Å². The Morgan fingerprint density at radius 3 is 2.60 bits per heavy atom. The molecular weight excluding hydrogens is 337 g/mol. The molecule has 1 heterocycles. The van der Waals surface area contributed by atoms with Crippen molar-refractivity contribution in [2.75, 3.05) is 18.9 Å². The highest BCUT2D eigenvalue weighted by Crippen LogP contribution is 2.33. The van der Waals surface area contributed by atoms with E-state index in [1.54, 1.807) is 12.1 Å². The number of hydrogen-bond donors (Lipinski definition) is 0. The van der Waals surface area contributed by atoms with Gasteiger partial charge < -0.3 is 9.64 Å². The summed E-state index contributed by atoms with van der Waals surface area (Å²) in [5.74, 6) is 1.14. The van der Waals surface area contributed by atoms with Crippen molar-refractivity contribution in [2.24, 2.45) is 0 Å². The van der Waals surface area contributed by atoms with E-state index in [2.05, 4.69) is 0 Å². The summed E-state index contributed by atoms with van der Waals surface area (Å²) < 4.78 is 18.5. The molecule has 0 saturated carbocycles. The van der Waals surface area contributed by atoms with E-state index in [1.807, 2.05) is 36.1 Å². The lowest BCUT2D eigenvalue weighted by molar-refractivity contribution is -0.129. The topological polar surface area (TPSA) is 29.5 Å². The fourth-order valence-electron chi connectivity index (χ4n) is 3.12. The lowest BCUT2D eigenvalue weighted by Gasteiger charge is -2.25. The Balaban J connectivity index is 1.59. The van der Waals surface area contributed by atoms with Crippen LogP contribution < -0.4 is 4.74 Å². The molecule has 2 aromatic rings. The lowest BCUT2D eigenvalue weighted by atomic mass is 10.0. The zero-order chi connectivity index (χ0) is 17.6. The summed E-state index contributed by atoms with van der Waals surface area (Å²) in [6.07, 6.45) is 1.92. The standard InChI is InChI=1S/C20H22FNO2S/c1-2-24-17-9-11-18(12-10-17)25-14-20(23)22-13-3-4-19(22)15-5-7-16(21)8-6-15/h5-12,19H,2-4,13-14H2,1H3. The highest BCUT2D eigenvalue weighted by molar-refractivity contribution is 8.00. The zero-order valence-corrected chi connectivity index (χ0v) is 15.1. The Morgan fingerprint density at radius 2 is 1.92 bits per heavy atom. The van der Waals surface area contributed by atoms with Crippen molar-refractivity contribution in [3.63, 3.8) is 0 Å². The second-order valence-electron chi connectivity index (χ2n) is 5.99. The molecule has 1 fully saturated rings. The summed E-state index contributed by atoms with van der Waals surface area (Å²) in [7, 11) is 0. The van der Waals surface area contributed by atoms with Gasteiger partial charge in [-0.2, -0.15) is 0 Å². The quantitative estimate of drug-likeness (QED) is 0.702. The summed E-state index contributed by atoms with van der Waals surface area (Å²) in [6.45, 7) is 3.37. The van der Waals surface area contributed by atoms with Crippen molar-refractivity contribution >= 4 is 17.7 Å². The lowest BCUT2D eigenvalue weighted by Crippen LogP contribution is -2.31. The molecule has 0 aliphatic carbocycles. The first-order chi connectivity index (χ1) is 12.2. The highest BCUT2D eigenvalue weighted by Gasteiger charge is 2.29. The van der Waals surface area contributed by atoms with Crippen molar-refractivity contribution < 1.29 is 13.9 Å². The maximum absolute atomic E-state index is 13.1. The van der Waals surface area contributed by atoms with Crippen LogP contribution in [0.15, 0.2) is 53.4 Å². The average Bonchev–Trinajstić information content (AvgIpc) is 3.11. The van der Waals surface area contributed by atoms with Crippen LogP contribution in [0.1, 0.15) is 31.4 Å². The predicted molar refractivity (Wildman–Crippen MR) is 98.4 cm³/mol. The molecule has 2 aromatic carbocycles. The van der Waals surface area contributed by atoms with Crippen molar-refractivity contribution in [1.82, 2.24) is 4.90 Å². The Morgan fingerprint density at radius 1 is 1.20 bits per heavy atom. The maximum Gasteiger partial charge on any atom is 0.233 e. The molecule has 0 spiro atoms. The minimum Gasteiger partial charge on any atom is -0.494 e. The first-order valence-corrected chi connectivity index (χ1v) is 9.56. The molecule has 1 atom stereocenters. The third kappa shape index (κ3) is 4.54. The molecule has 5 heteroatoms. The predicted octanol–water partition coefficient (Wildman–Crippen LogP) is 4.68. The van der Waals surface area contributed by atoms with Gasteiger partial charge >= 0.3 is 0 Å². The van der Waals surface area contributed by atoms with Crippen LogP contribution in [0.2, 0.25) is 0 Å². The first-order valence-electron chi connectivity index (χ1n) is 8.58. The molecule has 0 radical (unpaired) electrons. The van der Waals surface area contributed by atoms with Crippen LogP contribution in [0.3, 0.4) is 0 Å². The van der Waals surface area contributed by atoms with Gasteiger partial charge in [-0.1, -0.05) is 12.1 Å². The van der Waals surface area contributed by atoms with Gasteiger partial charge in [-0.3, -0.25) is 4.79 Å². The van der Waals surface area contributed by atoms with Crippen LogP contribution in [0.4, 0.5) is 4.39 Å². The molecule has 25 heavy (non-hydrogen) atoms. The van der Waals surface area contributed by atoms with Crippen LogP contribution in [0.25, 0.3) is 0 Å². The minimum absolute atomic E-state index is 0.0639. The molecule has 3 rings (SSSR count). The third-order valence-corrected chi connectivity index (χ3v) is 5.32. The van der Waals surface area contributed by atoms with Gasteiger partial charge in [-0.05, 0) is 61.7 Å². The second-order valence-corrected chi connectivity index (χ2v) is 7.04. The van der Waals surface area contributed by atoms with Crippen LogP contribution >= 0.6 is 11.8 Å². The molecule has 0 N–H and O–H groups in total. The summed E-state index contributed by atoms with van der Waals surface area (Å²) in [6, 6.07) is 14.4. The maximum atomic E-state index is 13.1. The van der Waals surface area contributed by atoms with E-state index in [4.69, 9.17) is 4.74 Å². The van der Waals surface area contributed by atoms with E-state index in [1.165, 1.54) is 23.9 Å². The van der Waals surface area contributed by atoms with E-state index in [9.17, 15) is 9.18 Å². The highest BCUT2D eigenvalue weighted by atomic mass is 32.2. The number of ether oxygens (including phenoxy) is 1. The summed E-state index contributed by atoms with van der Waals surface area (Å²) >= 11 is 1.54. The summed E-state index contributed by atoms with van der Waals surface area (Å²) in [5.41, 5.74) is 1.01. The molecule has 1 aliphatic rings. The van der Waals surface area contributed by atoms with Gasteiger partial charge in [0.1, 0.15) is 11.6 Å². The number of benzene rings is 2. The molecule has 0 aromatic heterocycles. The smallest absolute Gasteiger partial charge is 0.233 e. The monoisotopic (exact) mass is 359 g/mol. The molecule has 1 unspecified atom stereocenters. The van der Waals surface area contributed by atoms with Gasteiger partial charge in [-0.25, -0.2) is 4.39 Å². The number of amides is 1.